The van der Waals surface area contributed by atoms with Crippen LogP contribution in [0.25, 0.3) is 10.4 Å². The van der Waals surface area contributed by atoms with E-state index in [2.05, 4.69) is 10.0 Å². The predicted octanol–water partition coefficient (Wildman–Crippen LogP) is 1.02. The number of aromatic carboxylic acids is 1. The fraction of sp³-hybridized carbons (Fsp3) is 0.182. The molecule has 126 valence electrons. The van der Waals surface area contributed by atoms with E-state index in [4.69, 9.17) is 15.5 Å². The molecule has 1 aliphatic rings. The molecule has 1 aromatic rings. The number of rotatable bonds is 5. The number of carbonyl (C=O) groups excluding carboxylic acids is 2. The van der Waals surface area contributed by atoms with Crippen LogP contribution < -0.4 is 4.84 Å². The second kappa shape index (κ2) is 6.16. The maximum atomic E-state index is 11.6. The van der Waals surface area contributed by atoms with Crippen LogP contribution in [0.3, 0.4) is 0 Å². The van der Waals surface area contributed by atoms with Gasteiger partial charge in [0, 0.05) is 17.8 Å². The highest BCUT2D eigenvalue weighted by atomic mass is 32.2. The average molecular weight is 356 g/mol. The molecule has 24 heavy (non-hydrogen) atoms. The molecule has 0 spiro atoms. The molecule has 2 amide bonds. The second-order valence-corrected chi connectivity index (χ2v) is 5.79. The zero-order valence-electron chi connectivity index (χ0n) is 11.6. The Labute approximate surface area is 133 Å². The van der Waals surface area contributed by atoms with Crippen LogP contribution >= 0.6 is 0 Å². The van der Waals surface area contributed by atoms with Gasteiger partial charge in [-0.3, -0.25) is 14.1 Å². The number of hydrogen-bond acceptors (Lipinski definition) is 7. The van der Waals surface area contributed by atoms with Gasteiger partial charge < -0.3 is 9.94 Å². The van der Waals surface area contributed by atoms with Crippen LogP contribution in [0.2, 0.25) is 0 Å². The summed E-state index contributed by atoms with van der Waals surface area (Å²) in [5.41, 5.74) is 7.01. The molecular formula is C11H8N4O8S. The number of imide groups is 1. The molecule has 2 rings (SSSR count). The van der Waals surface area contributed by atoms with Gasteiger partial charge in [0.15, 0.2) is 5.75 Å². The largest absolute Gasteiger partial charge is 0.478 e. The number of azide groups is 1. The first-order valence-corrected chi connectivity index (χ1v) is 7.57. The van der Waals surface area contributed by atoms with Crippen molar-refractivity contribution < 1.29 is 37.3 Å². The highest BCUT2D eigenvalue weighted by Crippen LogP contribution is 2.38. The van der Waals surface area contributed by atoms with Gasteiger partial charge in [0.2, 0.25) is 0 Å². The van der Waals surface area contributed by atoms with Crippen molar-refractivity contribution >= 4 is 33.6 Å². The van der Waals surface area contributed by atoms with Crippen molar-refractivity contribution in [2.75, 3.05) is 0 Å². The third-order valence-electron chi connectivity index (χ3n) is 2.92. The van der Waals surface area contributed by atoms with Crippen molar-refractivity contribution in [3.05, 3.63) is 28.1 Å². The van der Waals surface area contributed by atoms with Crippen LogP contribution in [0.1, 0.15) is 23.2 Å². The lowest BCUT2D eigenvalue weighted by Gasteiger charge is -2.18. The molecule has 0 aromatic heterocycles. The fourth-order valence-electron chi connectivity index (χ4n) is 1.94. The number of hydroxylamine groups is 2. The van der Waals surface area contributed by atoms with Crippen molar-refractivity contribution in [3.8, 4) is 5.75 Å². The molecule has 1 saturated heterocycles. The first kappa shape index (κ1) is 17.2. The Bertz CT molecular complexity index is 887. The van der Waals surface area contributed by atoms with Crippen LogP contribution in [-0.2, 0) is 19.7 Å². The Kier molecular flexibility index (Phi) is 4.41. The third kappa shape index (κ3) is 3.12. The minimum Gasteiger partial charge on any atom is -0.478 e. The minimum absolute atomic E-state index is 0.191. The highest BCUT2D eigenvalue weighted by molar-refractivity contribution is 7.86. The van der Waals surface area contributed by atoms with E-state index >= 15 is 0 Å². The summed E-state index contributed by atoms with van der Waals surface area (Å²) >= 11 is 0. The van der Waals surface area contributed by atoms with Gasteiger partial charge in [0.05, 0.1) is 5.69 Å². The number of nitrogens with zero attached hydrogens (tertiary/aromatic N) is 4. The SMILES string of the molecule is [N-]=[N+]=Nc1ccc(C(=O)O)c(ON2C(=O)CCC2=O)c1S(=O)(=O)O. The summed E-state index contributed by atoms with van der Waals surface area (Å²) in [4.78, 5) is 40.5. The number of benzene rings is 1. The zero-order valence-corrected chi connectivity index (χ0v) is 12.4. The Morgan fingerprint density at radius 3 is 2.33 bits per heavy atom. The molecule has 13 heteroatoms. The van der Waals surface area contributed by atoms with Crippen molar-refractivity contribution in [1.29, 1.82) is 0 Å². The molecule has 0 aliphatic carbocycles. The Morgan fingerprint density at radius 1 is 1.29 bits per heavy atom. The van der Waals surface area contributed by atoms with E-state index < -0.39 is 49.8 Å². The molecular weight excluding hydrogens is 348 g/mol. The summed E-state index contributed by atoms with van der Waals surface area (Å²) in [6.07, 6.45) is -0.420. The first-order chi connectivity index (χ1) is 11.2. The molecule has 1 aromatic carbocycles. The van der Waals surface area contributed by atoms with E-state index in [-0.39, 0.29) is 17.9 Å². The van der Waals surface area contributed by atoms with E-state index in [1.54, 1.807) is 0 Å². The summed E-state index contributed by atoms with van der Waals surface area (Å²) in [5.74, 6) is -4.33. The fourth-order valence-corrected chi connectivity index (χ4v) is 2.69. The van der Waals surface area contributed by atoms with Crippen LogP contribution in [0.15, 0.2) is 22.1 Å². The van der Waals surface area contributed by atoms with Gasteiger partial charge >= 0.3 is 5.97 Å². The lowest BCUT2D eigenvalue weighted by Crippen LogP contribution is -2.33. The summed E-state index contributed by atoms with van der Waals surface area (Å²) in [6.45, 7) is 0. The molecule has 1 fully saturated rings. The number of hydrogen-bond donors (Lipinski definition) is 2. The summed E-state index contributed by atoms with van der Waals surface area (Å²) in [6, 6.07) is 1.66. The van der Waals surface area contributed by atoms with E-state index in [1.165, 1.54) is 0 Å². The van der Waals surface area contributed by atoms with Crippen molar-refractivity contribution in [3.63, 3.8) is 0 Å². The lowest BCUT2D eigenvalue weighted by atomic mass is 10.2. The van der Waals surface area contributed by atoms with E-state index in [1.807, 2.05) is 0 Å². The van der Waals surface area contributed by atoms with Gasteiger partial charge in [0.1, 0.15) is 10.5 Å². The molecule has 0 saturated carbocycles. The molecule has 0 unspecified atom stereocenters. The van der Waals surface area contributed by atoms with Gasteiger partial charge in [-0.2, -0.15) is 8.42 Å². The molecule has 1 aliphatic heterocycles. The molecule has 1 heterocycles. The molecule has 12 nitrogen and oxygen atoms in total. The van der Waals surface area contributed by atoms with Crippen molar-refractivity contribution in [2.45, 2.75) is 17.7 Å². The molecule has 0 atom stereocenters. The van der Waals surface area contributed by atoms with E-state index in [0.717, 1.165) is 12.1 Å². The zero-order chi connectivity index (χ0) is 18.1. The minimum atomic E-state index is -5.12. The standard InChI is InChI=1S/C11H8N4O8S/c12-14-13-6-2-1-5(11(18)19)9(10(6)24(20,21)22)23-15-7(16)3-4-8(15)17/h1-2H,3-4H2,(H,18,19)(H,20,21,22). The van der Waals surface area contributed by atoms with Crippen LogP contribution in [0.5, 0.6) is 5.75 Å². The smallest absolute Gasteiger partial charge is 0.339 e. The monoisotopic (exact) mass is 356 g/mol. The number of carboxylic acid groups (broad SMARTS) is 1. The predicted molar refractivity (Wildman–Crippen MR) is 73.7 cm³/mol. The quantitative estimate of drug-likeness (QED) is 0.257. The van der Waals surface area contributed by atoms with Crippen LogP contribution in [0, 0.1) is 0 Å². The Morgan fingerprint density at radius 2 is 1.88 bits per heavy atom. The van der Waals surface area contributed by atoms with Crippen molar-refractivity contribution in [2.24, 2.45) is 5.11 Å². The number of amides is 2. The van der Waals surface area contributed by atoms with Gasteiger partial charge in [-0.15, -0.1) is 5.06 Å². The molecule has 0 bridgehead atoms. The second-order valence-electron chi connectivity index (χ2n) is 4.43. The van der Waals surface area contributed by atoms with E-state index in [0.29, 0.717) is 0 Å². The average Bonchev–Trinajstić information content (AvgIpc) is 2.78. The van der Waals surface area contributed by atoms with Gasteiger partial charge in [-0.1, -0.05) is 11.2 Å². The van der Waals surface area contributed by atoms with Crippen LogP contribution in [0.4, 0.5) is 5.69 Å². The van der Waals surface area contributed by atoms with Gasteiger partial charge in [0.25, 0.3) is 21.9 Å². The number of carbonyl (C=O) groups is 3. The maximum Gasteiger partial charge on any atom is 0.339 e. The maximum absolute atomic E-state index is 11.6. The van der Waals surface area contributed by atoms with Crippen LogP contribution in [-0.4, -0.2) is 40.9 Å². The lowest BCUT2D eigenvalue weighted by molar-refractivity contribution is -0.165. The van der Waals surface area contributed by atoms with E-state index in [9.17, 15) is 27.4 Å². The highest BCUT2D eigenvalue weighted by Gasteiger charge is 2.35. The number of carboxylic acids is 1. The topological polar surface area (TPSA) is 187 Å². The Balaban J connectivity index is 2.76. The summed E-state index contributed by atoms with van der Waals surface area (Å²) in [5, 5.41) is 12.4. The van der Waals surface area contributed by atoms with Gasteiger partial charge in [-0.25, -0.2) is 4.79 Å². The normalized spacial score (nSPS) is 14.5. The van der Waals surface area contributed by atoms with Crippen molar-refractivity contribution in [1.82, 2.24) is 5.06 Å². The van der Waals surface area contributed by atoms with Gasteiger partial charge in [-0.05, 0) is 11.6 Å². The Hall–Kier alpha value is -3.15. The third-order valence-corrected chi connectivity index (χ3v) is 3.83. The molecule has 2 N–H and O–H groups in total. The first-order valence-electron chi connectivity index (χ1n) is 6.13. The summed E-state index contributed by atoms with van der Waals surface area (Å²) < 4.78 is 32.5. The molecule has 0 radical (unpaired) electrons. The summed E-state index contributed by atoms with van der Waals surface area (Å²) in [7, 11) is -5.12.